The van der Waals surface area contributed by atoms with Crippen LogP contribution in [0, 0.1) is 6.92 Å². The van der Waals surface area contributed by atoms with E-state index in [1.54, 1.807) is 44.5 Å². The van der Waals surface area contributed by atoms with Crippen molar-refractivity contribution in [3.63, 3.8) is 0 Å². The third-order valence-corrected chi connectivity index (χ3v) is 5.04. The number of nitrogens with zero attached hydrogens (tertiary/aromatic N) is 1. The van der Waals surface area contributed by atoms with Crippen molar-refractivity contribution < 1.29 is 17.9 Å². The molecule has 0 saturated carbocycles. The molecule has 0 aliphatic heterocycles. The van der Waals surface area contributed by atoms with Gasteiger partial charge >= 0.3 is 0 Å². The first-order valence-corrected chi connectivity index (χ1v) is 9.31. The number of aryl methyl sites for hydroxylation is 1. The fraction of sp³-hybridized carbons (Fsp3) is 0.353. The van der Waals surface area contributed by atoms with Gasteiger partial charge in [0.2, 0.25) is 0 Å². The van der Waals surface area contributed by atoms with Gasteiger partial charge in [-0.2, -0.15) is 0 Å². The normalized spacial score (nSPS) is 11.2. The molecule has 0 saturated heterocycles. The predicted octanol–water partition coefficient (Wildman–Crippen LogP) is 2.65. The lowest BCUT2D eigenvalue weighted by Crippen LogP contribution is -2.15. The van der Waals surface area contributed by atoms with Crippen molar-refractivity contribution in [3.05, 3.63) is 42.1 Å². The number of ether oxygens (including phenoxy) is 2. The molecular formula is C17H23N3O4S. The zero-order valence-corrected chi connectivity index (χ0v) is 15.4. The van der Waals surface area contributed by atoms with Gasteiger partial charge in [0, 0.05) is 20.3 Å². The maximum absolute atomic E-state index is 12.5. The molecule has 2 rings (SSSR count). The van der Waals surface area contributed by atoms with Crippen molar-refractivity contribution in [2.45, 2.75) is 18.2 Å². The third-order valence-electron chi connectivity index (χ3n) is 3.53. The van der Waals surface area contributed by atoms with Crippen LogP contribution in [0.1, 0.15) is 12.0 Å². The quantitative estimate of drug-likeness (QED) is 0.664. The van der Waals surface area contributed by atoms with E-state index in [0.29, 0.717) is 17.9 Å². The van der Waals surface area contributed by atoms with Gasteiger partial charge < -0.3 is 14.8 Å². The number of hydrogen-bond acceptors (Lipinski definition) is 6. The molecule has 0 bridgehead atoms. The highest BCUT2D eigenvalue weighted by atomic mass is 32.2. The molecule has 0 atom stereocenters. The van der Waals surface area contributed by atoms with E-state index in [1.807, 2.05) is 0 Å². The van der Waals surface area contributed by atoms with Crippen LogP contribution >= 0.6 is 0 Å². The van der Waals surface area contributed by atoms with Crippen LogP contribution in [0.3, 0.4) is 0 Å². The summed E-state index contributed by atoms with van der Waals surface area (Å²) >= 11 is 0. The second-order valence-corrected chi connectivity index (χ2v) is 7.09. The Morgan fingerprint density at radius 3 is 2.56 bits per heavy atom. The number of sulfonamides is 1. The van der Waals surface area contributed by atoms with Gasteiger partial charge in [-0.3, -0.25) is 4.72 Å². The van der Waals surface area contributed by atoms with Gasteiger partial charge in [0.25, 0.3) is 10.0 Å². The number of aromatic nitrogens is 1. The minimum absolute atomic E-state index is 0.192. The summed E-state index contributed by atoms with van der Waals surface area (Å²) in [5, 5.41) is 3.19. The van der Waals surface area contributed by atoms with Crippen LogP contribution in [0.2, 0.25) is 0 Å². The van der Waals surface area contributed by atoms with E-state index in [4.69, 9.17) is 9.47 Å². The van der Waals surface area contributed by atoms with Crippen molar-refractivity contribution >= 4 is 21.5 Å². The van der Waals surface area contributed by atoms with Gasteiger partial charge in [-0.1, -0.05) is 0 Å². The topological polar surface area (TPSA) is 89.6 Å². The molecule has 0 fully saturated rings. The lowest BCUT2D eigenvalue weighted by molar-refractivity contribution is 0.198. The van der Waals surface area contributed by atoms with Crippen LogP contribution in [0.15, 0.2) is 41.4 Å². The number of anilines is 2. The molecule has 8 heteroatoms. The van der Waals surface area contributed by atoms with Gasteiger partial charge in [-0.25, -0.2) is 13.4 Å². The van der Waals surface area contributed by atoms with Crippen LogP contribution in [-0.4, -0.2) is 40.8 Å². The van der Waals surface area contributed by atoms with Crippen LogP contribution in [0.25, 0.3) is 0 Å². The fourth-order valence-corrected chi connectivity index (χ4v) is 3.49. The lowest BCUT2D eigenvalue weighted by Gasteiger charge is -2.11. The molecule has 1 heterocycles. The summed E-state index contributed by atoms with van der Waals surface area (Å²) in [5.41, 5.74) is 1.42. The van der Waals surface area contributed by atoms with E-state index in [9.17, 15) is 8.42 Å². The van der Waals surface area contributed by atoms with Gasteiger partial charge in [0.05, 0.1) is 23.9 Å². The van der Waals surface area contributed by atoms with E-state index in [-0.39, 0.29) is 10.7 Å². The summed E-state index contributed by atoms with van der Waals surface area (Å²) in [6.07, 6.45) is 2.47. The van der Waals surface area contributed by atoms with Crippen molar-refractivity contribution in [2.75, 3.05) is 37.4 Å². The summed E-state index contributed by atoms with van der Waals surface area (Å²) < 4.78 is 37.6. The third kappa shape index (κ3) is 5.33. The SMILES string of the molecule is COCCCNc1ccc(NS(=O)(=O)c2ccc(OC)cc2C)nc1. The number of nitrogens with one attached hydrogen (secondary N) is 2. The highest BCUT2D eigenvalue weighted by molar-refractivity contribution is 7.92. The Bertz CT molecular complexity index is 792. The summed E-state index contributed by atoms with van der Waals surface area (Å²) in [7, 11) is -0.514. The maximum atomic E-state index is 12.5. The summed E-state index contributed by atoms with van der Waals surface area (Å²) in [4.78, 5) is 4.33. The van der Waals surface area contributed by atoms with Crippen LogP contribution in [0.4, 0.5) is 11.5 Å². The molecular weight excluding hydrogens is 342 g/mol. The monoisotopic (exact) mass is 365 g/mol. The molecule has 0 aliphatic rings. The zero-order valence-electron chi connectivity index (χ0n) is 14.6. The molecule has 1 aromatic carbocycles. The van der Waals surface area contributed by atoms with E-state index in [1.165, 1.54) is 13.2 Å². The van der Waals surface area contributed by atoms with Crippen LogP contribution in [0.5, 0.6) is 5.75 Å². The lowest BCUT2D eigenvalue weighted by atomic mass is 10.2. The number of pyridine rings is 1. The van der Waals surface area contributed by atoms with Crippen LogP contribution < -0.4 is 14.8 Å². The molecule has 0 radical (unpaired) electrons. The van der Waals surface area contributed by atoms with Crippen molar-refractivity contribution in [1.29, 1.82) is 0 Å². The predicted molar refractivity (Wildman–Crippen MR) is 97.8 cm³/mol. The first kappa shape index (κ1) is 19.0. The average Bonchev–Trinajstić information content (AvgIpc) is 2.59. The van der Waals surface area contributed by atoms with E-state index in [0.717, 1.165) is 18.7 Å². The molecule has 1 aromatic heterocycles. The first-order valence-electron chi connectivity index (χ1n) is 7.82. The highest BCUT2D eigenvalue weighted by Gasteiger charge is 2.18. The summed E-state index contributed by atoms with van der Waals surface area (Å²) in [6.45, 7) is 3.16. The van der Waals surface area contributed by atoms with E-state index in [2.05, 4.69) is 15.0 Å². The van der Waals surface area contributed by atoms with Gasteiger partial charge in [-0.15, -0.1) is 0 Å². The minimum atomic E-state index is -3.71. The van der Waals surface area contributed by atoms with Crippen molar-refractivity contribution in [3.8, 4) is 5.75 Å². The zero-order chi connectivity index (χ0) is 18.3. The molecule has 0 aliphatic carbocycles. The number of benzene rings is 1. The Kier molecular flexibility index (Phi) is 6.60. The molecule has 0 amide bonds. The van der Waals surface area contributed by atoms with E-state index < -0.39 is 10.0 Å². The molecule has 2 N–H and O–H groups in total. The molecule has 0 spiro atoms. The second kappa shape index (κ2) is 8.68. The van der Waals surface area contributed by atoms with Crippen molar-refractivity contribution in [1.82, 2.24) is 4.98 Å². The van der Waals surface area contributed by atoms with Crippen LogP contribution in [-0.2, 0) is 14.8 Å². The summed E-state index contributed by atoms with van der Waals surface area (Å²) in [5.74, 6) is 0.871. The Morgan fingerprint density at radius 1 is 1.16 bits per heavy atom. The Labute approximate surface area is 148 Å². The summed E-state index contributed by atoms with van der Waals surface area (Å²) in [6, 6.07) is 8.20. The smallest absolute Gasteiger partial charge is 0.263 e. The molecule has 2 aromatic rings. The molecule has 25 heavy (non-hydrogen) atoms. The maximum Gasteiger partial charge on any atom is 0.263 e. The molecule has 0 unspecified atom stereocenters. The molecule has 7 nitrogen and oxygen atoms in total. The minimum Gasteiger partial charge on any atom is -0.497 e. The number of rotatable bonds is 9. The van der Waals surface area contributed by atoms with Gasteiger partial charge in [0.15, 0.2) is 0 Å². The number of hydrogen-bond donors (Lipinski definition) is 2. The number of methoxy groups -OCH3 is 2. The second-order valence-electron chi connectivity index (χ2n) is 5.44. The molecule has 136 valence electrons. The largest absolute Gasteiger partial charge is 0.497 e. The van der Waals surface area contributed by atoms with Crippen molar-refractivity contribution in [2.24, 2.45) is 0 Å². The Morgan fingerprint density at radius 2 is 1.96 bits per heavy atom. The Hall–Kier alpha value is -2.32. The standard InChI is InChI=1S/C17H23N3O4S/c1-13-11-15(24-3)6-7-16(13)25(21,22)20-17-8-5-14(12-19-17)18-9-4-10-23-2/h5-8,11-12,18H,4,9-10H2,1-3H3,(H,19,20). The fourth-order valence-electron chi connectivity index (χ4n) is 2.25. The van der Waals surface area contributed by atoms with E-state index >= 15 is 0 Å². The Balaban J connectivity index is 2.05. The van der Waals surface area contributed by atoms with Gasteiger partial charge in [0.1, 0.15) is 11.6 Å². The van der Waals surface area contributed by atoms with Gasteiger partial charge in [-0.05, 0) is 49.2 Å². The first-order chi connectivity index (χ1) is 12.0. The highest BCUT2D eigenvalue weighted by Crippen LogP contribution is 2.23. The average molecular weight is 365 g/mol.